The van der Waals surface area contributed by atoms with Crippen molar-refractivity contribution in [3.05, 3.63) is 35.2 Å². The fourth-order valence-electron chi connectivity index (χ4n) is 1.94. The number of hydrogen-bond acceptors (Lipinski definition) is 3. The van der Waals surface area contributed by atoms with Crippen molar-refractivity contribution in [3.8, 4) is 0 Å². The Morgan fingerprint density at radius 1 is 1.50 bits per heavy atom. The first-order chi connectivity index (χ1) is 7.75. The van der Waals surface area contributed by atoms with Crippen molar-refractivity contribution in [1.29, 1.82) is 0 Å². The summed E-state index contributed by atoms with van der Waals surface area (Å²) in [6.45, 7) is 0.554. The van der Waals surface area contributed by atoms with Gasteiger partial charge in [0.1, 0.15) is 5.92 Å². The average molecular weight is 234 g/mol. The van der Waals surface area contributed by atoms with Crippen molar-refractivity contribution in [2.24, 2.45) is 0 Å². The van der Waals surface area contributed by atoms with Crippen molar-refractivity contribution >= 4 is 27.4 Å². The molecule has 0 bridgehead atoms. The van der Waals surface area contributed by atoms with Gasteiger partial charge in [-0.1, -0.05) is 6.07 Å². The molecule has 0 spiro atoms. The van der Waals surface area contributed by atoms with E-state index in [2.05, 4.69) is 0 Å². The van der Waals surface area contributed by atoms with Crippen LogP contribution >= 0.6 is 11.3 Å². The highest BCUT2D eigenvalue weighted by Crippen LogP contribution is 2.32. The molecule has 1 aromatic heterocycles. The lowest BCUT2D eigenvalue weighted by Crippen LogP contribution is -2.17. The van der Waals surface area contributed by atoms with E-state index >= 15 is 0 Å². The topological polar surface area (TPSA) is 49.8 Å². The number of carbonyl (C=O) groups is 1. The van der Waals surface area contributed by atoms with Gasteiger partial charge in [-0.25, -0.2) is 0 Å². The number of rotatable bonds is 3. The quantitative estimate of drug-likeness (QED) is 0.830. The largest absolute Gasteiger partial charge is 0.481 e. The summed E-state index contributed by atoms with van der Waals surface area (Å²) in [6, 6.07) is 7.83. The van der Waals surface area contributed by atoms with Crippen molar-refractivity contribution in [1.82, 2.24) is 0 Å². The van der Waals surface area contributed by atoms with Crippen LogP contribution in [0.2, 0.25) is 0 Å². The maximum atomic E-state index is 11.2. The van der Waals surface area contributed by atoms with Gasteiger partial charge in [-0.2, -0.15) is 0 Å². The summed E-state index contributed by atoms with van der Waals surface area (Å²) in [4.78, 5) is 11.2. The minimum atomic E-state index is -0.808. The fraction of sp³-hybridized carbons (Fsp3) is 0.250. The van der Waals surface area contributed by atoms with E-state index in [0.717, 1.165) is 10.9 Å². The van der Waals surface area contributed by atoms with Crippen LogP contribution in [0.4, 0.5) is 0 Å². The molecular weight excluding hydrogens is 224 g/mol. The number of carboxylic acid groups (broad SMARTS) is 1. The van der Waals surface area contributed by atoms with Crippen LogP contribution in [-0.2, 0) is 9.53 Å². The Bertz CT molecular complexity index is 542. The highest BCUT2D eigenvalue weighted by molar-refractivity contribution is 7.17. The number of epoxide rings is 1. The monoisotopic (exact) mass is 234 g/mol. The predicted molar refractivity (Wildman–Crippen MR) is 61.9 cm³/mol. The van der Waals surface area contributed by atoms with Crippen LogP contribution < -0.4 is 0 Å². The van der Waals surface area contributed by atoms with E-state index in [1.165, 1.54) is 4.70 Å². The van der Waals surface area contributed by atoms with E-state index in [4.69, 9.17) is 4.74 Å². The average Bonchev–Trinajstić information content (AvgIpc) is 2.96. The number of fused-ring (bicyclic) bond motifs is 1. The molecular formula is C12H10O3S. The van der Waals surface area contributed by atoms with Gasteiger partial charge in [0.15, 0.2) is 0 Å². The summed E-state index contributed by atoms with van der Waals surface area (Å²) in [7, 11) is 0. The van der Waals surface area contributed by atoms with Crippen molar-refractivity contribution in [2.75, 3.05) is 6.61 Å². The molecule has 0 aliphatic carbocycles. The van der Waals surface area contributed by atoms with Crippen LogP contribution in [0.5, 0.6) is 0 Å². The van der Waals surface area contributed by atoms with Crippen molar-refractivity contribution in [3.63, 3.8) is 0 Å². The molecule has 1 saturated heterocycles. The molecule has 2 atom stereocenters. The van der Waals surface area contributed by atoms with Crippen molar-refractivity contribution < 1.29 is 14.6 Å². The number of thiophene rings is 1. The molecule has 0 saturated carbocycles. The lowest BCUT2D eigenvalue weighted by molar-refractivity contribution is -0.139. The molecule has 0 amide bonds. The van der Waals surface area contributed by atoms with Gasteiger partial charge in [-0.05, 0) is 34.5 Å². The maximum Gasteiger partial charge on any atom is 0.313 e. The fourth-order valence-corrected chi connectivity index (χ4v) is 2.71. The second-order valence-electron chi connectivity index (χ2n) is 3.91. The maximum absolute atomic E-state index is 11.2. The van der Waals surface area contributed by atoms with Crippen LogP contribution in [0, 0.1) is 0 Å². The molecule has 3 rings (SSSR count). The number of aliphatic carboxylic acids is 1. The molecule has 1 aliphatic rings. The molecule has 0 radical (unpaired) electrons. The second-order valence-corrected chi connectivity index (χ2v) is 4.85. The van der Waals surface area contributed by atoms with Gasteiger partial charge in [-0.3, -0.25) is 4.79 Å². The van der Waals surface area contributed by atoms with E-state index in [-0.39, 0.29) is 6.10 Å². The van der Waals surface area contributed by atoms with Gasteiger partial charge < -0.3 is 9.84 Å². The summed E-state index contributed by atoms with van der Waals surface area (Å²) >= 11 is 1.66. The zero-order chi connectivity index (χ0) is 11.1. The molecule has 1 fully saturated rings. The van der Waals surface area contributed by atoms with E-state index in [1.54, 1.807) is 11.3 Å². The summed E-state index contributed by atoms with van der Waals surface area (Å²) in [5.41, 5.74) is 0.834. The SMILES string of the molecule is O=C(O)C(c1ccc2sccc2c1)[C@@H]1CO1. The summed E-state index contributed by atoms with van der Waals surface area (Å²) in [6.07, 6.45) is -0.145. The van der Waals surface area contributed by atoms with Crippen LogP contribution in [0.25, 0.3) is 10.1 Å². The van der Waals surface area contributed by atoms with Crippen LogP contribution in [0.1, 0.15) is 11.5 Å². The lowest BCUT2D eigenvalue weighted by atomic mass is 9.95. The Balaban J connectivity index is 2.05. The predicted octanol–water partition coefficient (Wildman–Crippen LogP) is 2.47. The third kappa shape index (κ3) is 1.60. The Morgan fingerprint density at radius 2 is 2.31 bits per heavy atom. The van der Waals surface area contributed by atoms with Crippen LogP contribution in [0.15, 0.2) is 29.6 Å². The normalized spacial score (nSPS) is 20.9. The smallest absolute Gasteiger partial charge is 0.313 e. The standard InChI is InChI=1S/C12H10O3S/c13-12(14)11(9-6-15-9)8-1-2-10-7(5-8)3-4-16-10/h1-5,9,11H,6H2,(H,13,14)/t9-,11?/m0/s1. The van der Waals surface area contributed by atoms with E-state index in [1.807, 2.05) is 29.6 Å². The summed E-state index contributed by atoms with van der Waals surface area (Å²) in [5, 5.41) is 12.3. The molecule has 4 heteroatoms. The van der Waals surface area contributed by atoms with E-state index < -0.39 is 11.9 Å². The number of hydrogen-bond donors (Lipinski definition) is 1. The Hall–Kier alpha value is -1.39. The second kappa shape index (κ2) is 3.57. The molecule has 2 aromatic rings. The lowest BCUT2D eigenvalue weighted by Gasteiger charge is -2.09. The third-order valence-corrected chi connectivity index (χ3v) is 3.73. The Kier molecular flexibility index (Phi) is 2.19. The minimum absolute atomic E-state index is 0.145. The molecule has 1 unspecified atom stereocenters. The van der Waals surface area contributed by atoms with Gasteiger partial charge in [0.05, 0.1) is 12.7 Å². The summed E-state index contributed by atoms with van der Waals surface area (Å²) < 4.78 is 6.29. The van der Waals surface area contributed by atoms with Gasteiger partial charge in [0.25, 0.3) is 0 Å². The molecule has 2 heterocycles. The van der Waals surface area contributed by atoms with Gasteiger partial charge >= 0.3 is 5.97 Å². The molecule has 3 nitrogen and oxygen atoms in total. The molecule has 82 valence electrons. The zero-order valence-corrected chi connectivity index (χ0v) is 9.24. The first-order valence-corrected chi connectivity index (χ1v) is 5.95. The zero-order valence-electron chi connectivity index (χ0n) is 8.42. The van der Waals surface area contributed by atoms with Crippen LogP contribution in [-0.4, -0.2) is 23.8 Å². The van der Waals surface area contributed by atoms with Crippen molar-refractivity contribution in [2.45, 2.75) is 12.0 Å². The minimum Gasteiger partial charge on any atom is -0.481 e. The third-order valence-electron chi connectivity index (χ3n) is 2.83. The molecule has 1 aliphatic heterocycles. The molecule has 1 aromatic carbocycles. The Labute approximate surface area is 96.3 Å². The first kappa shape index (κ1) is 9.81. The van der Waals surface area contributed by atoms with Crippen LogP contribution in [0.3, 0.4) is 0 Å². The van der Waals surface area contributed by atoms with Gasteiger partial charge in [0, 0.05) is 4.70 Å². The number of carboxylic acids is 1. The molecule has 1 N–H and O–H groups in total. The highest BCUT2D eigenvalue weighted by atomic mass is 32.1. The molecule has 16 heavy (non-hydrogen) atoms. The highest BCUT2D eigenvalue weighted by Gasteiger charge is 2.39. The van der Waals surface area contributed by atoms with E-state index in [0.29, 0.717) is 6.61 Å². The van der Waals surface area contributed by atoms with E-state index in [9.17, 15) is 9.90 Å². The number of ether oxygens (including phenoxy) is 1. The van der Waals surface area contributed by atoms with Gasteiger partial charge in [0.2, 0.25) is 0 Å². The summed E-state index contributed by atoms with van der Waals surface area (Å²) in [5.74, 6) is -1.33. The number of benzene rings is 1. The Morgan fingerprint density at radius 3 is 3.00 bits per heavy atom. The van der Waals surface area contributed by atoms with Gasteiger partial charge in [-0.15, -0.1) is 11.3 Å². The first-order valence-electron chi connectivity index (χ1n) is 5.07.